The molecule has 94 valence electrons. The first-order valence-electron chi connectivity index (χ1n) is 5.46. The molecule has 0 aliphatic heterocycles. The van der Waals surface area contributed by atoms with Gasteiger partial charge in [0.1, 0.15) is 5.69 Å². The molecule has 0 aliphatic carbocycles. The lowest BCUT2D eigenvalue weighted by molar-refractivity contribution is 0.0995. The Hall–Kier alpha value is -1.66. The maximum absolute atomic E-state index is 11.0. The van der Waals surface area contributed by atoms with Gasteiger partial charge in [-0.25, -0.2) is 4.68 Å². The average Bonchev–Trinajstić information content (AvgIpc) is 2.79. The first-order valence-corrected chi connectivity index (χ1v) is 6.25. The van der Waals surface area contributed by atoms with Crippen LogP contribution in [0.1, 0.15) is 16.1 Å². The minimum atomic E-state index is -0.537. The third-order valence-corrected chi connectivity index (χ3v) is 3.17. The van der Waals surface area contributed by atoms with Crippen LogP contribution in [0, 0.1) is 0 Å². The van der Waals surface area contributed by atoms with Gasteiger partial charge in [-0.05, 0) is 52.7 Å². The minimum Gasteiger partial charge on any atom is -0.364 e. The first kappa shape index (κ1) is 12.8. The van der Waals surface area contributed by atoms with Gasteiger partial charge in [0.05, 0.1) is 5.69 Å². The minimum absolute atomic E-state index is 0.243. The second-order valence-corrected chi connectivity index (χ2v) is 4.69. The van der Waals surface area contributed by atoms with Crippen LogP contribution in [0.2, 0.25) is 0 Å². The molecule has 0 bridgehead atoms. The highest BCUT2D eigenvalue weighted by molar-refractivity contribution is 9.10. The summed E-state index contributed by atoms with van der Waals surface area (Å²) in [5.41, 5.74) is 12.9. The number of aromatic nitrogens is 2. The summed E-state index contributed by atoms with van der Waals surface area (Å²) in [5, 5.41) is 4.10. The second-order valence-electron chi connectivity index (χ2n) is 3.83. The summed E-state index contributed by atoms with van der Waals surface area (Å²) in [6, 6.07) is 7.49. The van der Waals surface area contributed by atoms with Crippen LogP contribution in [0.3, 0.4) is 0 Å². The highest BCUT2D eigenvalue weighted by Gasteiger charge is 2.08. The zero-order valence-corrected chi connectivity index (χ0v) is 11.2. The van der Waals surface area contributed by atoms with E-state index in [0.29, 0.717) is 6.54 Å². The number of halogens is 1. The molecule has 1 amide bonds. The van der Waals surface area contributed by atoms with Crippen LogP contribution < -0.4 is 11.5 Å². The van der Waals surface area contributed by atoms with Crippen LogP contribution in [0.25, 0.3) is 5.69 Å². The van der Waals surface area contributed by atoms with Gasteiger partial charge in [-0.2, -0.15) is 5.10 Å². The first-order chi connectivity index (χ1) is 8.61. The van der Waals surface area contributed by atoms with Crippen molar-refractivity contribution in [3.63, 3.8) is 0 Å². The fourth-order valence-electron chi connectivity index (χ4n) is 1.65. The largest absolute Gasteiger partial charge is 0.364 e. The summed E-state index contributed by atoms with van der Waals surface area (Å²) < 4.78 is 2.50. The maximum atomic E-state index is 11.0. The standard InChI is InChI=1S/C12H13BrN4O/c13-9-7-8(3-5-14)1-2-11(9)17-6-4-10(16-17)12(15)18/h1-2,4,6-7H,3,5,14H2,(H2,15,18). The number of nitrogens with zero attached hydrogens (tertiary/aromatic N) is 2. The number of primary amides is 1. The van der Waals surface area contributed by atoms with Crippen molar-refractivity contribution in [1.82, 2.24) is 9.78 Å². The number of carbonyl (C=O) groups is 1. The van der Waals surface area contributed by atoms with Crippen molar-refractivity contribution >= 4 is 21.8 Å². The predicted octanol–water partition coefficient (Wildman–Crippen LogP) is 1.23. The number of benzene rings is 1. The zero-order chi connectivity index (χ0) is 13.1. The van der Waals surface area contributed by atoms with Crippen molar-refractivity contribution in [1.29, 1.82) is 0 Å². The summed E-state index contributed by atoms with van der Waals surface area (Å²) in [6.07, 6.45) is 2.52. The quantitative estimate of drug-likeness (QED) is 0.890. The Morgan fingerprint density at radius 2 is 2.17 bits per heavy atom. The van der Waals surface area contributed by atoms with E-state index in [-0.39, 0.29) is 5.69 Å². The number of hydrogen-bond donors (Lipinski definition) is 2. The van der Waals surface area contributed by atoms with E-state index >= 15 is 0 Å². The molecule has 0 saturated carbocycles. The smallest absolute Gasteiger partial charge is 0.269 e. The van der Waals surface area contributed by atoms with Gasteiger partial charge in [0.15, 0.2) is 0 Å². The average molecular weight is 309 g/mol. The van der Waals surface area contributed by atoms with Gasteiger partial charge in [-0.15, -0.1) is 0 Å². The molecular weight excluding hydrogens is 296 g/mol. The van der Waals surface area contributed by atoms with E-state index in [1.54, 1.807) is 16.9 Å². The molecule has 18 heavy (non-hydrogen) atoms. The molecule has 0 saturated heterocycles. The lowest BCUT2D eigenvalue weighted by Crippen LogP contribution is -2.12. The van der Waals surface area contributed by atoms with Crippen LogP contribution in [0.5, 0.6) is 0 Å². The third-order valence-electron chi connectivity index (χ3n) is 2.53. The predicted molar refractivity (Wildman–Crippen MR) is 72.5 cm³/mol. The van der Waals surface area contributed by atoms with Crippen LogP contribution in [0.4, 0.5) is 0 Å². The van der Waals surface area contributed by atoms with Gasteiger partial charge in [0.25, 0.3) is 5.91 Å². The van der Waals surface area contributed by atoms with Gasteiger partial charge in [0, 0.05) is 10.7 Å². The number of carbonyl (C=O) groups excluding carboxylic acids is 1. The maximum Gasteiger partial charge on any atom is 0.269 e. The van der Waals surface area contributed by atoms with Crippen LogP contribution >= 0.6 is 15.9 Å². The summed E-state index contributed by atoms with van der Waals surface area (Å²) in [5.74, 6) is -0.537. The van der Waals surface area contributed by atoms with Crippen LogP contribution in [-0.2, 0) is 6.42 Å². The molecule has 0 radical (unpaired) electrons. The zero-order valence-electron chi connectivity index (χ0n) is 9.64. The Morgan fingerprint density at radius 1 is 1.39 bits per heavy atom. The fourth-order valence-corrected chi connectivity index (χ4v) is 2.26. The number of amides is 1. The van der Waals surface area contributed by atoms with Crippen molar-refractivity contribution < 1.29 is 4.79 Å². The molecule has 2 aromatic rings. The third kappa shape index (κ3) is 2.60. The van der Waals surface area contributed by atoms with Crippen molar-refractivity contribution in [3.05, 3.63) is 46.2 Å². The lowest BCUT2D eigenvalue weighted by Gasteiger charge is -2.06. The van der Waals surface area contributed by atoms with E-state index in [0.717, 1.165) is 22.1 Å². The fraction of sp³-hybridized carbons (Fsp3) is 0.167. The molecule has 0 fully saturated rings. The molecule has 0 unspecified atom stereocenters. The Labute approximate surface area is 113 Å². The van der Waals surface area contributed by atoms with Crippen molar-refractivity contribution in [2.24, 2.45) is 11.5 Å². The van der Waals surface area contributed by atoms with E-state index < -0.39 is 5.91 Å². The Bertz CT molecular complexity index is 579. The van der Waals surface area contributed by atoms with E-state index in [2.05, 4.69) is 21.0 Å². The Balaban J connectivity index is 2.35. The summed E-state index contributed by atoms with van der Waals surface area (Å²) in [4.78, 5) is 11.0. The number of nitrogens with two attached hydrogens (primary N) is 2. The molecular formula is C12H13BrN4O. The lowest BCUT2D eigenvalue weighted by atomic mass is 10.1. The van der Waals surface area contributed by atoms with Crippen molar-refractivity contribution in [2.45, 2.75) is 6.42 Å². The molecule has 6 heteroatoms. The van der Waals surface area contributed by atoms with Gasteiger partial charge in [-0.3, -0.25) is 4.79 Å². The monoisotopic (exact) mass is 308 g/mol. The topological polar surface area (TPSA) is 86.9 Å². The van der Waals surface area contributed by atoms with Crippen LogP contribution in [0.15, 0.2) is 34.9 Å². The molecule has 1 aromatic carbocycles. The second kappa shape index (κ2) is 5.32. The Morgan fingerprint density at radius 3 is 2.72 bits per heavy atom. The molecule has 1 heterocycles. The molecule has 2 rings (SSSR count). The van der Waals surface area contributed by atoms with E-state index in [9.17, 15) is 4.79 Å². The molecule has 0 spiro atoms. The normalized spacial score (nSPS) is 10.6. The molecule has 0 atom stereocenters. The van der Waals surface area contributed by atoms with Gasteiger partial charge >= 0.3 is 0 Å². The highest BCUT2D eigenvalue weighted by atomic mass is 79.9. The van der Waals surface area contributed by atoms with Crippen molar-refractivity contribution in [3.8, 4) is 5.69 Å². The van der Waals surface area contributed by atoms with Gasteiger partial charge in [0.2, 0.25) is 0 Å². The molecule has 0 aliphatic rings. The summed E-state index contributed by atoms with van der Waals surface area (Å²) in [6.45, 7) is 0.610. The molecule has 1 aromatic heterocycles. The van der Waals surface area contributed by atoms with Gasteiger partial charge in [-0.1, -0.05) is 6.07 Å². The molecule has 4 N–H and O–H groups in total. The summed E-state index contributed by atoms with van der Waals surface area (Å²) >= 11 is 3.48. The van der Waals surface area contributed by atoms with Crippen molar-refractivity contribution in [2.75, 3.05) is 6.54 Å². The Kier molecular flexibility index (Phi) is 3.78. The van der Waals surface area contributed by atoms with Gasteiger partial charge < -0.3 is 11.5 Å². The highest BCUT2D eigenvalue weighted by Crippen LogP contribution is 2.22. The number of hydrogen-bond acceptors (Lipinski definition) is 3. The van der Waals surface area contributed by atoms with E-state index in [4.69, 9.17) is 11.5 Å². The summed E-state index contributed by atoms with van der Waals surface area (Å²) in [7, 11) is 0. The van der Waals surface area contributed by atoms with E-state index in [1.165, 1.54) is 0 Å². The molecule has 5 nitrogen and oxygen atoms in total. The number of rotatable bonds is 4. The SMILES string of the molecule is NCCc1ccc(-n2ccc(C(N)=O)n2)c(Br)c1. The van der Waals surface area contributed by atoms with E-state index in [1.807, 2.05) is 18.2 Å². The van der Waals surface area contributed by atoms with Crippen LogP contribution in [-0.4, -0.2) is 22.2 Å².